The second kappa shape index (κ2) is 16.7. The number of hydrogen-bond acceptors (Lipinski definition) is 3. The smallest absolute Gasteiger partial charge is 0.497 e. The quantitative estimate of drug-likeness (QED) is 0.0866. The number of aromatic nitrogens is 4. The number of ether oxygens (including phenoxy) is 1. The van der Waals surface area contributed by atoms with Crippen molar-refractivity contribution in [2.75, 3.05) is 0 Å². The Balaban J connectivity index is 0.00000507. The maximum Gasteiger partial charge on any atom is 2.00 e. The van der Waals surface area contributed by atoms with Crippen molar-refractivity contribution >= 4 is 76.7 Å². The summed E-state index contributed by atoms with van der Waals surface area (Å²) in [5.41, 5.74) is 18.5. The van der Waals surface area contributed by atoms with E-state index in [1.807, 2.05) is 12.1 Å². The van der Waals surface area contributed by atoms with E-state index in [1.165, 1.54) is 44.5 Å². The normalized spacial score (nSPS) is 12.2. The minimum atomic E-state index is 0. The fourth-order valence-electron chi connectivity index (χ4n) is 10.9. The van der Waals surface area contributed by atoms with Crippen LogP contribution in [-0.4, -0.2) is 18.8 Å². The van der Waals surface area contributed by atoms with E-state index in [0.29, 0.717) is 35.2 Å². The summed E-state index contributed by atoms with van der Waals surface area (Å²) < 4.78 is 11.5. The summed E-state index contributed by atoms with van der Waals surface area (Å²) in [6, 6.07) is 60.0. The topological polar surface area (TPSA) is 43.8 Å². The fourth-order valence-corrected chi connectivity index (χ4v) is 10.9. The molecule has 0 amide bonds. The molecule has 12 aromatic rings. The summed E-state index contributed by atoms with van der Waals surface area (Å²) in [6.45, 7) is 18.3. The summed E-state index contributed by atoms with van der Waals surface area (Å²) in [5.74, 6) is 2.67. The molecule has 0 aliphatic carbocycles. The van der Waals surface area contributed by atoms with Crippen molar-refractivity contribution in [1.82, 2.24) is 18.8 Å². The molecule has 5 nitrogen and oxygen atoms in total. The number of fused-ring (bicyclic) bond motifs is 16. The summed E-state index contributed by atoms with van der Waals surface area (Å²) in [5, 5.41) is 6.25. The number of para-hydroxylation sites is 5. The monoisotopic (exact) mass is 974 g/mol. The first-order valence-electron chi connectivity index (χ1n) is 23.9. The Morgan fingerprint density at radius 1 is 0.426 bits per heavy atom. The summed E-state index contributed by atoms with van der Waals surface area (Å²) in [7, 11) is 0. The number of hydrogen-bond donors (Lipinski definition) is 0. The third kappa shape index (κ3) is 6.75. The van der Waals surface area contributed by atoms with Crippen molar-refractivity contribution < 1.29 is 25.2 Å². The van der Waals surface area contributed by atoms with Crippen LogP contribution in [0.25, 0.3) is 99.0 Å². The standard InChI is InChI=1S/C62H52N4O.Pd/c1-35(2)42-16-13-17-43(36(3)4)58(42)39-26-29-48-46-30-27-40(33-51(46)61-63-53-22-9-11-24-55(53)65(61)57(48)32-39)67-41-28-31-47-49-20-15-21-50(59-44(37(5)6)18-14-19-45(59)38(7)8)60(49)66-56-25-12-10-23-54(56)64-62(66)52(47)34-41;/h9-32,35-38H,1-8H3;/q-2;+2. The Hall–Kier alpha value is -6.84. The van der Waals surface area contributed by atoms with E-state index in [1.54, 1.807) is 0 Å². The number of imidazole rings is 2. The van der Waals surface area contributed by atoms with E-state index in [2.05, 4.69) is 210 Å². The Bertz CT molecular complexity index is 3930. The van der Waals surface area contributed by atoms with Crippen LogP contribution in [0.15, 0.2) is 146 Å². The van der Waals surface area contributed by atoms with Crippen molar-refractivity contribution in [1.29, 1.82) is 0 Å². The minimum Gasteiger partial charge on any atom is -0.497 e. The van der Waals surface area contributed by atoms with Gasteiger partial charge >= 0.3 is 20.4 Å². The van der Waals surface area contributed by atoms with Crippen molar-refractivity contribution in [2.45, 2.75) is 79.1 Å². The van der Waals surface area contributed by atoms with Gasteiger partial charge in [0.1, 0.15) is 0 Å². The first-order chi connectivity index (χ1) is 32.5. The predicted molar refractivity (Wildman–Crippen MR) is 280 cm³/mol. The molecule has 4 aromatic heterocycles. The first-order valence-corrected chi connectivity index (χ1v) is 23.9. The third-order valence-corrected chi connectivity index (χ3v) is 14.0. The Morgan fingerprint density at radius 2 is 0.897 bits per heavy atom. The van der Waals surface area contributed by atoms with Gasteiger partial charge in [-0.2, -0.15) is 0 Å². The Labute approximate surface area is 411 Å². The van der Waals surface area contributed by atoms with Gasteiger partial charge in [-0.1, -0.05) is 192 Å². The number of benzene rings is 8. The molecule has 4 heterocycles. The molecule has 12 rings (SSSR count). The zero-order valence-corrected chi connectivity index (χ0v) is 41.2. The molecule has 0 atom stereocenters. The Morgan fingerprint density at radius 3 is 1.46 bits per heavy atom. The summed E-state index contributed by atoms with van der Waals surface area (Å²) in [6.07, 6.45) is 0. The molecule has 0 unspecified atom stereocenters. The second-order valence-electron chi connectivity index (χ2n) is 19.5. The zero-order valence-electron chi connectivity index (χ0n) is 39.7. The van der Waals surface area contributed by atoms with E-state index >= 15 is 0 Å². The molecule has 68 heavy (non-hydrogen) atoms. The average Bonchev–Trinajstić information content (AvgIpc) is 3.93. The molecular formula is C62H52N4OPd. The van der Waals surface area contributed by atoms with Crippen LogP contribution in [-0.2, 0) is 20.4 Å². The number of pyridine rings is 2. The van der Waals surface area contributed by atoms with E-state index in [4.69, 9.17) is 14.7 Å². The molecular weight excluding hydrogens is 923 g/mol. The van der Waals surface area contributed by atoms with Gasteiger partial charge in [0, 0.05) is 28.1 Å². The van der Waals surface area contributed by atoms with E-state index in [0.717, 1.165) is 76.7 Å². The van der Waals surface area contributed by atoms with Crippen LogP contribution < -0.4 is 4.74 Å². The zero-order chi connectivity index (χ0) is 45.8. The van der Waals surface area contributed by atoms with E-state index in [9.17, 15) is 0 Å². The molecule has 336 valence electrons. The van der Waals surface area contributed by atoms with Gasteiger partial charge in [0.05, 0.1) is 33.4 Å². The van der Waals surface area contributed by atoms with Crippen LogP contribution in [0.1, 0.15) is 101 Å². The predicted octanol–water partition coefficient (Wildman–Crippen LogP) is 17.1. The van der Waals surface area contributed by atoms with E-state index < -0.39 is 0 Å². The molecule has 0 aliphatic rings. The van der Waals surface area contributed by atoms with Crippen LogP contribution >= 0.6 is 0 Å². The molecule has 0 radical (unpaired) electrons. The molecule has 0 aliphatic heterocycles. The van der Waals surface area contributed by atoms with Gasteiger partial charge in [-0.15, -0.1) is 12.1 Å². The van der Waals surface area contributed by atoms with Crippen molar-refractivity contribution in [3.63, 3.8) is 0 Å². The molecule has 6 heteroatoms. The van der Waals surface area contributed by atoms with Gasteiger partial charge in [-0.3, -0.25) is 9.97 Å². The van der Waals surface area contributed by atoms with Crippen LogP contribution in [0.5, 0.6) is 11.5 Å². The summed E-state index contributed by atoms with van der Waals surface area (Å²) >= 11 is 0. The molecule has 0 N–H and O–H groups in total. The first kappa shape index (κ1) is 43.7. The van der Waals surface area contributed by atoms with Gasteiger partial charge in [-0.05, 0) is 104 Å². The van der Waals surface area contributed by atoms with Crippen LogP contribution in [0.3, 0.4) is 0 Å². The van der Waals surface area contributed by atoms with Gasteiger partial charge in [-0.25, -0.2) is 0 Å². The molecule has 0 saturated carbocycles. The van der Waals surface area contributed by atoms with Gasteiger partial charge in [0.2, 0.25) is 0 Å². The largest absolute Gasteiger partial charge is 2.00 e. The average molecular weight is 976 g/mol. The molecule has 0 fully saturated rings. The Kier molecular flexibility index (Phi) is 10.8. The van der Waals surface area contributed by atoms with Crippen LogP contribution in [0.4, 0.5) is 0 Å². The van der Waals surface area contributed by atoms with Crippen LogP contribution in [0, 0.1) is 12.1 Å². The molecule has 0 saturated heterocycles. The third-order valence-electron chi connectivity index (χ3n) is 14.0. The van der Waals surface area contributed by atoms with Gasteiger partial charge < -0.3 is 13.5 Å². The molecule has 0 spiro atoms. The summed E-state index contributed by atoms with van der Waals surface area (Å²) in [4.78, 5) is 10.6. The second-order valence-corrected chi connectivity index (χ2v) is 19.5. The van der Waals surface area contributed by atoms with Crippen LogP contribution in [0.2, 0.25) is 0 Å². The van der Waals surface area contributed by atoms with Crippen molar-refractivity contribution in [2.24, 2.45) is 0 Å². The van der Waals surface area contributed by atoms with Crippen molar-refractivity contribution in [3.8, 4) is 33.8 Å². The maximum absolute atomic E-state index is 6.80. The maximum atomic E-state index is 6.80. The minimum absolute atomic E-state index is 0. The fraction of sp³-hybridized carbons (Fsp3) is 0.194. The van der Waals surface area contributed by atoms with Gasteiger partial charge in [0.25, 0.3) is 0 Å². The molecule has 0 bridgehead atoms. The molecule has 8 aromatic carbocycles. The number of nitrogens with zero attached hydrogens (tertiary/aromatic N) is 4. The van der Waals surface area contributed by atoms with Crippen molar-refractivity contribution in [3.05, 3.63) is 180 Å². The number of rotatable bonds is 8. The van der Waals surface area contributed by atoms with Gasteiger partial charge in [0.15, 0.2) is 0 Å². The SMILES string of the molecule is CC(C)c1cccc(C(C)C)c1-c1ccc2c3ccc(Oc4[c-]c5c(cc4)c4cccc(-c6c(C(C)C)cccc6C(C)C)c4n4c6ccccc6nc54)[c-]c3c3nc4ccccc4n3c2c1.[Pd+2]. The van der Waals surface area contributed by atoms with E-state index in [-0.39, 0.29) is 20.4 Å².